The summed E-state index contributed by atoms with van der Waals surface area (Å²) in [6.07, 6.45) is 4.89. The molecule has 0 fully saturated rings. The highest BCUT2D eigenvalue weighted by Gasteiger charge is 2.11. The minimum atomic E-state index is 0.675. The third kappa shape index (κ3) is 14.1. The number of rotatable bonds is 13. The summed E-state index contributed by atoms with van der Waals surface area (Å²) in [6, 6.07) is 0.675. The summed E-state index contributed by atoms with van der Waals surface area (Å²) in [5, 5.41) is 3.70. The summed E-state index contributed by atoms with van der Waals surface area (Å²) >= 11 is 0. The van der Waals surface area contributed by atoms with Crippen LogP contribution in [0.4, 0.5) is 0 Å². The van der Waals surface area contributed by atoms with Crippen molar-refractivity contribution in [1.82, 2.24) is 5.32 Å². The van der Waals surface area contributed by atoms with E-state index in [1.807, 2.05) is 0 Å². The van der Waals surface area contributed by atoms with Gasteiger partial charge in [-0.2, -0.15) is 0 Å². The third-order valence-corrected chi connectivity index (χ3v) is 3.09. The van der Waals surface area contributed by atoms with Gasteiger partial charge in [-0.3, -0.25) is 0 Å². The van der Waals surface area contributed by atoms with Crippen LogP contribution in [0.3, 0.4) is 0 Å². The van der Waals surface area contributed by atoms with Crippen LogP contribution in [-0.2, 0) is 9.47 Å². The normalized spacial score (nSPS) is 12.0. The first-order chi connectivity index (χ1) is 9.06. The van der Waals surface area contributed by atoms with Crippen molar-refractivity contribution in [1.29, 1.82) is 0 Å². The fourth-order valence-corrected chi connectivity index (χ4v) is 2.28. The molecule has 1 N–H and O–H groups in total. The van der Waals surface area contributed by atoms with E-state index in [9.17, 15) is 0 Å². The molecule has 116 valence electrons. The molecule has 0 atom stereocenters. The molecular weight excluding hydrogens is 238 g/mol. The second-order valence-corrected chi connectivity index (χ2v) is 6.22. The lowest BCUT2D eigenvalue weighted by molar-refractivity contribution is 0.0687. The lowest BCUT2D eigenvalue weighted by Crippen LogP contribution is -2.32. The molecule has 0 aromatic rings. The van der Waals surface area contributed by atoms with Gasteiger partial charge in [-0.25, -0.2) is 0 Å². The zero-order valence-corrected chi connectivity index (χ0v) is 13.7. The van der Waals surface area contributed by atoms with Gasteiger partial charge in [0, 0.05) is 19.8 Å². The van der Waals surface area contributed by atoms with Gasteiger partial charge >= 0.3 is 0 Å². The predicted molar refractivity (Wildman–Crippen MR) is 82.6 cm³/mol. The first kappa shape index (κ1) is 18.9. The number of nitrogens with one attached hydrogen (secondary N) is 1. The standard InChI is InChI=1S/C16H35NO2/c1-14(2)12-16(13-15(3)4)17-8-6-7-9-19-11-10-18-5/h14-17H,6-13H2,1-5H3. The Morgan fingerprint density at radius 2 is 1.47 bits per heavy atom. The number of hydrogen-bond donors (Lipinski definition) is 1. The van der Waals surface area contributed by atoms with E-state index < -0.39 is 0 Å². The molecule has 19 heavy (non-hydrogen) atoms. The summed E-state index contributed by atoms with van der Waals surface area (Å²) in [7, 11) is 1.71. The Kier molecular flexibility index (Phi) is 12.8. The first-order valence-electron chi connectivity index (χ1n) is 7.86. The van der Waals surface area contributed by atoms with Gasteiger partial charge in [0.2, 0.25) is 0 Å². The van der Waals surface area contributed by atoms with Crippen LogP contribution in [0.5, 0.6) is 0 Å². The van der Waals surface area contributed by atoms with Crippen LogP contribution >= 0.6 is 0 Å². The summed E-state index contributed by atoms with van der Waals surface area (Å²) < 4.78 is 10.4. The first-order valence-corrected chi connectivity index (χ1v) is 7.86. The average Bonchev–Trinajstić information content (AvgIpc) is 2.30. The van der Waals surface area contributed by atoms with Crippen molar-refractivity contribution in [2.45, 2.75) is 59.4 Å². The Hall–Kier alpha value is -0.120. The molecule has 0 aliphatic rings. The fraction of sp³-hybridized carbons (Fsp3) is 1.00. The van der Waals surface area contributed by atoms with Gasteiger partial charge in [-0.15, -0.1) is 0 Å². The highest BCUT2D eigenvalue weighted by molar-refractivity contribution is 4.70. The van der Waals surface area contributed by atoms with Crippen molar-refractivity contribution < 1.29 is 9.47 Å². The lowest BCUT2D eigenvalue weighted by atomic mass is 9.95. The van der Waals surface area contributed by atoms with Gasteiger partial charge in [0.05, 0.1) is 13.2 Å². The molecule has 0 aromatic carbocycles. The van der Waals surface area contributed by atoms with Gasteiger partial charge in [0.25, 0.3) is 0 Å². The van der Waals surface area contributed by atoms with E-state index in [1.165, 1.54) is 19.3 Å². The van der Waals surface area contributed by atoms with Gasteiger partial charge in [-0.1, -0.05) is 27.7 Å². The van der Waals surface area contributed by atoms with Crippen LogP contribution in [0, 0.1) is 11.8 Å². The van der Waals surface area contributed by atoms with E-state index in [0.717, 1.165) is 31.4 Å². The van der Waals surface area contributed by atoms with E-state index in [1.54, 1.807) is 7.11 Å². The van der Waals surface area contributed by atoms with Crippen LogP contribution in [-0.4, -0.2) is 39.5 Å². The monoisotopic (exact) mass is 273 g/mol. The molecule has 0 aliphatic heterocycles. The summed E-state index contributed by atoms with van der Waals surface area (Å²) in [5.41, 5.74) is 0. The quantitative estimate of drug-likeness (QED) is 0.521. The second-order valence-electron chi connectivity index (χ2n) is 6.22. The Labute approximate surface area is 120 Å². The zero-order valence-electron chi connectivity index (χ0n) is 13.7. The van der Waals surface area contributed by atoms with E-state index in [0.29, 0.717) is 19.3 Å². The molecule has 0 spiro atoms. The SMILES string of the molecule is COCCOCCCCNC(CC(C)C)CC(C)C. The predicted octanol–water partition coefficient (Wildman–Crippen LogP) is 3.48. The highest BCUT2D eigenvalue weighted by atomic mass is 16.5. The van der Waals surface area contributed by atoms with Crippen LogP contribution in [0.1, 0.15) is 53.4 Å². The van der Waals surface area contributed by atoms with Crippen molar-refractivity contribution in [2.24, 2.45) is 11.8 Å². The maximum atomic E-state index is 5.46. The Balaban J connectivity index is 3.52. The Morgan fingerprint density at radius 1 is 0.842 bits per heavy atom. The van der Waals surface area contributed by atoms with Crippen LogP contribution in [0.25, 0.3) is 0 Å². The summed E-state index contributed by atoms with van der Waals surface area (Å²) in [6.45, 7) is 12.6. The Bertz CT molecular complexity index is 174. The number of methoxy groups -OCH3 is 1. The molecular formula is C16H35NO2. The largest absolute Gasteiger partial charge is 0.382 e. The van der Waals surface area contributed by atoms with Gasteiger partial charge in [0.15, 0.2) is 0 Å². The summed E-state index contributed by atoms with van der Waals surface area (Å²) in [5.74, 6) is 1.54. The van der Waals surface area contributed by atoms with E-state index >= 15 is 0 Å². The second kappa shape index (κ2) is 12.9. The topological polar surface area (TPSA) is 30.5 Å². The maximum Gasteiger partial charge on any atom is 0.0700 e. The number of hydrogen-bond acceptors (Lipinski definition) is 3. The molecule has 0 saturated carbocycles. The molecule has 0 radical (unpaired) electrons. The fourth-order valence-electron chi connectivity index (χ4n) is 2.28. The minimum absolute atomic E-state index is 0.675. The minimum Gasteiger partial charge on any atom is -0.382 e. The van der Waals surface area contributed by atoms with Crippen molar-refractivity contribution in [3.63, 3.8) is 0 Å². The smallest absolute Gasteiger partial charge is 0.0700 e. The maximum absolute atomic E-state index is 5.46. The zero-order chi connectivity index (χ0) is 14.5. The van der Waals surface area contributed by atoms with Crippen LogP contribution < -0.4 is 5.32 Å². The molecule has 0 amide bonds. The molecule has 0 rings (SSSR count). The van der Waals surface area contributed by atoms with Crippen molar-refractivity contribution in [3.05, 3.63) is 0 Å². The molecule has 0 bridgehead atoms. The molecule has 0 saturated heterocycles. The van der Waals surface area contributed by atoms with Gasteiger partial charge in [-0.05, 0) is 44.1 Å². The molecule has 0 heterocycles. The molecule has 0 unspecified atom stereocenters. The van der Waals surface area contributed by atoms with E-state index in [4.69, 9.17) is 9.47 Å². The summed E-state index contributed by atoms with van der Waals surface area (Å²) in [4.78, 5) is 0. The van der Waals surface area contributed by atoms with Crippen LogP contribution in [0.2, 0.25) is 0 Å². The van der Waals surface area contributed by atoms with Crippen molar-refractivity contribution >= 4 is 0 Å². The average molecular weight is 273 g/mol. The third-order valence-electron chi connectivity index (χ3n) is 3.09. The Morgan fingerprint density at radius 3 is 2.00 bits per heavy atom. The molecule has 3 nitrogen and oxygen atoms in total. The lowest BCUT2D eigenvalue weighted by Gasteiger charge is -2.22. The highest BCUT2D eigenvalue weighted by Crippen LogP contribution is 2.13. The van der Waals surface area contributed by atoms with E-state index in [-0.39, 0.29) is 0 Å². The van der Waals surface area contributed by atoms with Crippen LogP contribution in [0.15, 0.2) is 0 Å². The van der Waals surface area contributed by atoms with Crippen molar-refractivity contribution in [2.75, 3.05) is 33.5 Å². The number of ether oxygens (including phenoxy) is 2. The van der Waals surface area contributed by atoms with Gasteiger partial charge < -0.3 is 14.8 Å². The van der Waals surface area contributed by atoms with Crippen molar-refractivity contribution in [3.8, 4) is 0 Å². The molecule has 0 aromatic heterocycles. The van der Waals surface area contributed by atoms with E-state index in [2.05, 4.69) is 33.0 Å². The molecule has 0 aliphatic carbocycles. The molecule has 3 heteroatoms. The van der Waals surface area contributed by atoms with Gasteiger partial charge in [0.1, 0.15) is 0 Å². The number of unbranched alkanes of at least 4 members (excludes halogenated alkanes) is 1.